The monoisotopic (exact) mass is 426 g/mol. The van der Waals surface area contributed by atoms with E-state index in [4.69, 9.17) is 14.5 Å². The molecular formula is C22H30N6O3. The molecule has 3 aromatic heterocycles. The Balaban J connectivity index is 1.72. The Labute approximate surface area is 181 Å². The number of nitrogens with zero attached hydrogens (tertiary/aromatic N) is 5. The predicted octanol–water partition coefficient (Wildman–Crippen LogP) is 2.51. The fourth-order valence-electron chi connectivity index (χ4n) is 3.85. The second-order valence-corrected chi connectivity index (χ2v) is 9.09. The van der Waals surface area contributed by atoms with Crippen LogP contribution in [0.5, 0.6) is 5.88 Å². The zero-order chi connectivity index (χ0) is 22.2. The predicted molar refractivity (Wildman–Crippen MR) is 117 cm³/mol. The second kappa shape index (κ2) is 8.30. The Morgan fingerprint density at radius 3 is 2.81 bits per heavy atom. The van der Waals surface area contributed by atoms with Gasteiger partial charge in [0.15, 0.2) is 0 Å². The number of fused-ring (bicyclic) bond motifs is 1. The van der Waals surface area contributed by atoms with Crippen molar-refractivity contribution in [2.24, 2.45) is 13.0 Å². The molecule has 1 fully saturated rings. The van der Waals surface area contributed by atoms with Gasteiger partial charge in [-0.1, -0.05) is 0 Å². The van der Waals surface area contributed by atoms with Crippen molar-refractivity contribution in [2.45, 2.75) is 45.3 Å². The summed E-state index contributed by atoms with van der Waals surface area (Å²) in [6.07, 6.45) is 6.48. The fourth-order valence-corrected chi connectivity index (χ4v) is 3.85. The molecule has 0 bridgehead atoms. The van der Waals surface area contributed by atoms with Gasteiger partial charge in [-0.05, 0) is 26.8 Å². The molecule has 2 atom stereocenters. The van der Waals surface area contributed by atoms with Crippen molar-refractivity contribution in [1.29, 1.82) is 0 Å². The van der Waals surface area contributed by atoms with Crippen molar-refractivity contribution >= 4 is 16.9 Å². The molecule has 1 aliphatic rings. The molecule has 1 aliphatic heterocycles. The highest BCUT2D eigenvalue weighted by molar-refractivity contribution is 5.84. The van der Waals surface area contributed by atoms with E-state index in [2.05, 4.69) is 36.2 Å². The first kappa shape index (κ1) is 21.3. The van der Waals surface area contributed by atoms with Crippen LogP contribution in [0.2, 0.25) is 0 Å². The third kappa shape index (κ3) is 4.41. The van der Waals surface area contributed by atoms with E-state index in [9.17, 15) is 4.79 Å². The van der Waals surface area contributed by atoms with Gasteiger partial charge in [-0.3, -0.25) is 9.48 Å². The normalized spacial score (nSPS) is 17.8. The molecule has 0 spiro atoms. The van der Waals surface area contributed by atoms with E-state index in [-0.39, 0.29) is 23.5 Å². The highest BCUT2D eigenvalue weighted by atomic mass is 16.5. The Bertz CT molecular complexity index is 1080. The summed E-state index contributed by atoms with van der Waals surface area (Å²) >= 11 is 0. The van der Waals surface area contributed by atoms with Gasteiger partial charge in [0.05, 0.1) is 29.3 Å². The maximum absolute atomic E-state index is 11.8. The minimum Gasteiger partial charge on any atom is -0.472 e. The molecule has 1 unspecified atom stereocenters. The highest BCUT2D eigenvalue weighted by Gasteiger charge is 2.32. The summed E-state index contributed by atoms with van der Waals surface area (Å²) in [6.45, 7) is 7.45. The molecule has 1 N–H and O–H groups in total. The number of imidazole rings is 1. The summed E-state index contributed by atoms with van der Waals surface area (Å²) in [5.41, 5.74) is 3.16. The van der Waals surface area contributed by atoms with Crippen LogP contribution < -0.4 is 10.1 Å². The van der Waals surface area contributed by atoms with Gasteiger partial charge in [-0.25, -0.2) is 9.97 Å². The van der Waals surface area contributed by atoms with Crippen molar-refractivity contribution in [2.75, 3.05) is 20.3 Å². The average Bonchev–Trinajstić information content (AvgIpc) is 3.45. The van der Waals surface area contributed by atoms with Gasteiger partial charge < -0.3 is 19.4 Å². The summed E-state index contributed by atoms with van der Waals surface area (Å²) in [7, 11) is 3.59. The van der Waals surface area contributed by atoms with Gasteiger partial charge >= 0.3 is 0 Å². The number of ether oxygens (including phenoxy) is 2. The van der Waals surface area contributed by atoms with Crippen LogP contribution in [0, 0.1) is 5.92 Å². The second-order valence-electron chi connectivity index (χ2n) is 9.09. The van der Waals surface area contributed by atoms with Gasteiger partial charge in [-0.2, -0.15) is 5.10 Å². The Hall–Kier alpha value is -2.94. The molecule has 1 saturated heterocycles. The standard InChI is InChI=1S/C22H30N6O3/c1-22(2,3)28-12-15(11-25-28)16-9-17-20(27(4)13-24-17)21(26-16)31-18(6-7-30-5)14-8-19(29)23-10-14/h9,11-14,18H,6-8,10H2,1-5H3,(H,23,29)/t14-,18?/m1/s1. The molecule has 9 heteroatoms. The zero-order valence-corrected chi connectivity index (χ0v) is 18.8. The lowest BCUT2D eigenvalue weighted by Gasteiger charge is -2.23. The van der Waals surface area contributed by atoms with E-state index < -0.39 is 0 Å². The number of nitrogens with one attached hydrogen (secondary N) is 1. The third-order valence-corrected chi connectivity index (χ3v) is 5.63. The summed E-state index contributed by atoms with van der Waals surface area (Å²) in [4.78, 5) is 21.2. The molecule has 9 nitrogen and oxygen atoms in total. The van der Waals surface area contributed by atoms with Crippen molar-refractivity contribution in [3.05, 3.63) is 24.8 Å². The van der Waals surface area contributed by atoms with E-state index in [1.165, 1.54) is 0 Å². The summed E-state index contributed by atoms with van der Waals surface area (Å²) in [5, 5.41) is 7.40. The van der Waals surface area contributed by atoms with Crippen LogP contribution >= 0.6 is 0 Å². The number of amides is 1. The molecule has 0 aliphatic carbocycles. The Kier molecular flexibility index (Phi) is 5.70. The lowest BCUT2D eigenvalue weighted by Crippen LogP contribution is -2.30. The number of methoxy groups -OCH3 is 1. The lowest BCUT2D eigenvalue weighted by atomic mass is 9.99. The maximum atomic E-state index is 11.8. The average molecular weight is 427 g/mol. The molecule has 3 aromatic rings. The molecule has 166 valence electrons. The van der Waals surface area contributed by atoms with Crippen LogP contribution in [0.15, 0.2) is 24.8 Å². The topological polar surface area (TPSA) is 96.1 Å². The van der Waals surface area contributed by atoms with E-state index in [0.717, 1.165) is 22.3 Å². The number of carbonyl (C=O) groups is 1. The molecule has 1 amide bonds. The van der Waals surface area contributed by atoms with Crippen LogP contribution in [0.25, 0.3) is 22.3 Å². The zero-order valence-electron chi connectivity index (χ0n) is 18.8. The molecule has 31 heavy (non-hydrogen) atoms. The van der Waals surface area contributed by atoms with Crippen molar-refractivity contribution in [3.63, 3.8) is 0 Å². The lowest BCUT2D eigenvalue weighted by molar-refractivity contribution is -0.119. The number of pyridine rings is 1. The highest BCUT2D eigenvalue weighted by Crippen LogP contribution is 2.31. The van der Waals surface area contributed by atoms with Crippen molar-refractivity contribution < 1.29 is 14.3 Å². The van der Waals surface area contributed by atoms with E-state index in [1.54, 1.807) is 13.4 Å². The van der Waals surface area contributed by atoms with Gasteiger partial charge in [0.25, 0.3) is 0 Å². The SMILES string of the molecule is COCCC(Oc1nc(-c2cnn(C(C)(C)C)c2)cc2ncn(C)c12)[C@H]1CNC(=O)C1. The minimum absolute atomic E-state index is 0.0537. The molecule has 4 heterocycles. The fraction of sp³-hybridized carbons (Fsp3) is 0.545. The van der Waals surface area contributed by atoms with Gasteiger partial charge in [-0.15, -0.1) is 0 Å². The van der Waals surface area contributed by atoms with Crippen LogP contribution in [0.4, 0.5) is 0 Å². The molecule has 0 radical (unpaired) electrons. The van der Waals surface area contributed by atoms with Gasteiger partial charge in [0.1, 0.15) is 11.6 Å². The summed E-state index contributed by atoms with van der Waals surface area (Å²) in [5.74, 6) is 0.634. The third-order valence-electron chi connectivity index (χ3n) is 5.63. The number of rotatable bonds is 7. The number of carbonyl (C=O) groups excluding carboxylic acids is 1. The van der Waals surface area contributed by atoms with Crippen LogP contribution in [-0.2, 0) is 22.1 Å². The molecule has 0 aromatic carbocycles. The number of aromatic nitrogens is 5. The minimum atomic E-state index is -0.197. The van der Waals surface area contributed by atoms with E-state index >= 15 is 0 Å². The maximum Gasteiger partial charge on any atom is 0.241 e. The quantitative estimate of drug-likeness (QED) is 0.624. The number of hydrogen-bond acceptors (Lipinski definition) is 6. The molecular weight excluding hydrogens is 396 g/mol. The van der Waals surface area contributed by atoms with Crippen LogP contribution in [-0.4, -0.2) is 56.6 Å². The first-order valence-corrected chi connectivity index (χ1v) is 10.6. The summed E-state index contributed by atoms with van der Waals surface area (Å²) in [6, 6.07) is 1.96. The van der Waals surface area contributed by atoms with E-state index in [1.807, 2.05) is 34.8 Å². The van der Waals surface area contributed by atoms with Crippen LogP contribution in [0.1, 0.15) is 33.6 Å². The number of aryl methyl sites for hydroxylation is 1. The molecule has 0 saturated carbocycles. The van der Waals surface area contributed by atoms with Crippen LogP contribution in [0.3, 0.4) is 0 Å². The first-order valence-electron chi connectivity index (χ1n) is 10.6. The van der Waals surface area contributed by atoms with E-state index in [0.29, 0.717) is 31.9 Å². The van der Waals surface area contributed by atoms with Crippen molar-refractivity contribution in [3.8, 4) is 17.1 Å². The summed E-state index contributed by atoms with van der Waals surface area (Å²) < 4.78 is 15.6. The Morgan fingerprint density at radius 2 is 2.16 bits per heavy atom. The number of hydrogen-bond donors (Lipinski definition) is 1. The van der Waals surface area contributed by atoms with Gasteiger partial charge in [0.2, 0.25) is 11.8 Å². The van der Waals surface area contributed by atoms with Gasteiger partial charge in [0, 0.05) is 57.8 Å². The largest absolute Gasteiger partial charge is 0.472 e. The first-order chi connectivity index (χ1) is 14.8. The van der Waals surface area contributed by atoms with Crippen molar-refractivity contribution in [1.82, 2.24) is 29.6 Å². The smallest absolute Gasteiger partial charge is 0.241 e. The molecule has 4 rings (SSSR count). The Morgan fingerprint density at radius 1 is 1.35 bits per heavy atom.